The smallest absolute Gasteiger partial charge is 0.0609 e. The molecular formula is C10H13NO. The molecule has 12 heavy (non-hydrogen) atoms. The minimum Gasteiger partial charge on any atom is -0.392 e. The van der Waals surface area contributed by atoms with E-state index in [9.17, 15) is 5.11 Å². The molecule has 0 radical (unpaired) electrons. The Labute approximate surface area is 72.3 Å². The Balaban J connectivity index is 2.19. The van der Waals surface area contributed by atoms with Crippen molar-refractivity contribution in [2.24, 2.45) is 0 Å². The zero-order valence-corrected chi connectivity index (χ0v) is 6.98. The molecule has 2 nitrogen and oxygen atoms in total. The van der Waals surface area contributed by atoms with Gasteiger partial charge in [0.05, 0.1) is 6.10 Å². The van der Waals surface area contributed by atoms with Crippen molar-refractivity contribution in [2.75, 3.05) is 0 Å². The maximum Gasteiger partial charge on any atom is 0.0609 e. The third-order valence-electron chi connectivity index (χ3n) is 2.59. The van der Waals surface area contributed by atoms with E-state index in [1.807, 2.05) is 18.3 Å². The second-order valence-corrected chi connectivity index (χ2v) is 3.39. The van der Waals surface area contributed by atoms with Crippen LogP contribution in [0.5, 0.6) is 0 Å². The first-order valence-corrected chi connectivity index (χ1v) is 4.46. The largest absolute Gasteiger partial charge is 0.392 e. The number of pyridine rings is 1. The number of hydrogen-bond donors (Lipinski definition) is 1. The maximum atomic E-state index is 9.61. The third kappa shape index (κ3) is 1.34. The van der Waals surface area contributed by atoms with Gasteiger partial charge in [0, 0.05) is 18.3 Å². The molecule has 0 bridgehead atoms. The molecule has 1 aliphatic carbocycles. The molecule has 1 aromatic rings. The third-order valence-corrected chi connectivity index (χ3v) is 2.59. The Kier molecular flexibility index (Phi) is 2.09. The van der Waals surface area contributed by atoms with E-state index in [2.05, 4.69) is 4.98 Å². The Morgan fingerprint density at radius 3 is 2.92 bits per heavy atom. The molecule has 1 heterocycles. The predicted octanol–water partition coefficient (Wildman–Crippen LogP) is 1.71. The summed E-state index contributed by atoms with van der Waals surface area (Å²) in [5.74, 6) is 0.332. The highest BCUT2D eigenvalue weighted by Crippen LogP contribution is 2.33. The van der Waals surface area contributed by atoms with Crippen LogP contribution < -0.4 is 0 Å². The fourth-order valence-electron chi connectivity index (χ4n) is 1.92. The van der Waals surface area contributed by atoms with Gasteiger partial charge in [-0.3, -0.25) is 4.98 Å². The lowest BCUT2D eigenvalue weighted by atomic mass is 9.98. The van der Waals surface area contributed by atoms with Crippen LogP contribution in [-0.4, -0.2) is 16.2 Å². The van der Waals surface area contributed by atoms with Gasteiger partial charge in [-0.05, 0) is 24.5 Å². The van der Waals surface area contributed by atoms with Gasteiger partial charge in [0.25, 0.3) is 0 Å². The fraction of sp³-hybridized carbons (Fsp3) is 0.500. The first-order chi connectivity index (χ1) is 5.88. The maximum absolute atomic E-state index is 9.61. The van der Waals surface area contributed by atoms with Crippen LogP contribution in [0.2, 0.25) is 0 Å². The Morgan fingerprint density at radius 1 is 1.42 bits per heavy atom. The van der Waals surface area contributed by atoms with E-state index in [1.54, 1.807) is 6.20 Å². The summed E-state index contributed by atoms with van der Waals surface area (Å²) in [6.45, 7) is 0. The lowest BCUT2D eigenvalue weighted by Gasteiger charge is -2.13. The first kappa shape index (κ1) is 7.74. The summed E-state index contributed by atoms with van der Waals surface area (Å²) >= 11 is 0. The molecule has 1 aromatic heterocycles. The molecule has 0 amide bonds. The van der Waals surface area contributed by atoms with Crippen LogP contribution in [0.15, 0.2) is 24.5 Å². The normalized spacial score (nSPS) is 29.1. The van der Waals surface area contributed by atoms with E-state index in [4.69, 9.17) is 0 Å². The van der Waals surface area contributed by atoms with E-state index in [0.29, 0.717) is 5.92 Å². The van der Waals surface area contributed by atoms with E-state index < -0.39 is 0 Å². The van der Waals surface area contributed by atoms with Gasteiger partial charge in [-0.25, -0.2) is 0 Å². The van der Waals surface area contributed by atoms with Crippen LogP contribution in [-0.2, 0) is 0 Å². The first-order valence-electron chi connectivity index (χ1n) is 4.46. The molecule has 2 rings (SSSR count). The minimum atomic E-state index is -0.144. The van der Waals surface area contributed by atoms with Crippen molar-refractivity contribution in [3.63, 3.8) is 0 Å². The van der Waals surface area contributed by atoms with Gasteiger partial charge in [0.15, 0.2) is 0 Å². The minimum absolute atomic E-state index is 0.144. The molecule has 0 unspecified atom stereocenters. The van der Waals surface area contributed by atoms with Gasteiger partial charge >= 0.3 is 0 Å². The van der Waals surface area contributed by atoms with Gasteiger partial charge in [-0.1, -0.05) is 12.5 Å². The van der Waals surface area contributed by atoms with Crippen LogP contribution in [0.3, 0.4) is 0 Å². The number of nitrogens with zero attached hydrogens (tertiary/aromatic N) is 1. The lowest BCUT2D eigenvalue weighted by molar-refractivity contribution is 0.163. The molecule has 1 N–H and O–H groups in total. The molecule has 0 spiro atoms. The van der Waals surface area contributed by atoms with Crippen molar-refractivity contribution in [3.05, 3.63) is 30.1 Å². The second-order valence-electron chi connectivity index (χ2n) is 3.39. The summed E-state index contributed by atoms with van der Waals surface area (Å²) in [7, 11) is 0. The van der Waals surface area contributed by atoms with Crippen LogP contribution in [0.1, 0.15) is 30.7 Å². The van der Waals surface area contributed by atoms with Gasteiger partial charge < -0.3 is 5.11 Å². The molecule has 1 aliphatic rings. The van der Waals surface area contributed by atoms with Gasteiger partial charge in [0.2, 0.25) is 0 Å². The van der Waals surface area contributed by atoms with E-state index in [-0.39, 0.29) is 6.10 Å². The number of rotatable bonds is 1. The van der Waals surface area contributed by atoms with Crippen LogP contribution in [0.4, 0.5) is 0 Å². The lowest BCUT2D eigenvalue weighted by Crippen LogP contribution is -2.10. The predicted molar refractivity (Wildman–Crippen MR) is 46.8 cm³/mol. The van der Waals surface area contributed by atoms with Crippen molar-refractivity contribution in [1.29, 1.82) is 0 Å². The zero-order chi connectivity index (χ0) is 8.39. The quantitative estimate of drug-likeness (QED) is 0.683. The van der Waals surface area contributed by atoms with Crippen molar-refractivity contribution in [2.45, 2.75) is 31.3 Å². The molecule has 2 atom stereocenters. The highest BCUT2D eigenvalue weighted by molar-refractivity contribution is 5.17. The molecule has 0 saturated heterocycles. The second kappa shape index (κ2) is 3.23. The zero-order valence-electron chi connectivity index (χ0n) is 6.98. The number of aliphatic hydroxyl groups is 1. The Morgan fingerprint density at radius 2 is 2.33 bits per heavy atom. The number of hydrogen-bond acceptors (Lipinski definition) is 2. The van der Waals surface area contributed by atoms with E-state index in [1.165, 1.54) is 5.56 Å². The average molecular weight is 163 g/mol. The fourth-order valence-corrected chi connectivity index (χ4v) is 1.92. The summed E-state index contributed by atoms with van der Waals surface area (Å²) in [6, 6.07) is 3.98. The van der Waals surface area contributed by atoms with Crippen molar-refractivity contribution < 1.29 is 5.11 Å². The molecule has 0 aromatic carbocycles. The van der Waals surface area contributed by atoms with Crippen molar-refractivity contribution in [1.82, 2.24) is 4.98 Å². The summed E-state index contributed by atoms with van der Waals surface area (Å²) in [6.07, 6.45) is 6.67. The average Bonchev–Trinajstić information content (AvgIpc) is 2.53. The van der Waals surface area contributed by atoms with Crippen LogP contribution in [0.25, 0.3) is 0 Å². The number of aliphatic hydroxyl groups excluding tert-OH is 1. The Hall–Kier alpha value is -0.890. The summed E-state index contributed by atoms with van der Waals surface area (Å²) in [5.41, 5.74) is 1.18. The van der Waals surface area contributed by atoms with E-state index >= 15 is 0 Å². The monoisotopic (exact) mass is 163 g/mol. The molecular weight excluding hydrogens is 150 g/mol. The number of aromatic nitrogens is 1. The van der Waals surface area contributed by atoms with Crippen LogP contribution >= 0.6 is 0 Å². The summed E-state index contributed by atoms with van der Waals surface area (Å²) in [4.78, 5) is 4.05. The van der Waals surface area contributed by atoms with E-state index in [0.717, 1.165) is 19.3 Å². The molecule has 0 aliphatic heterocycles. The highest BCUT2D eigenvalue weighted by Gasteiger charge is 2.26. The standard InChI is InChI=1S/C10H13NO/c12-10-5-1-4-9(10)8-3-2-6-11-7-8/h2-3,6-7,9-10,12H,1,4-5H2/t9-,10+/m0/s1. The van der Waals surface area contributed by atoms with Crippen molar-refractivity contribution >= 4 is 0 Å². The van der Waals surface area contributed by atoms with Crippen LogP contribution in [0, 0.1) is 0 Å². The SMILES string of the molecule is O[C@@H]1CCC[C@H]1c1cccnc1. The summed E-state index contributed by atoms with van der Waals surface area (Å²) < 4.78 is 0. The topological polar surface area (TPSA) is 33.1 Å². The summed E-state index contributed by atoms with van der Waals surface area (Å²) in [5, 5.41) is 9.61. The molecule has 1 saturated carbocycles. The van der Waals surface area contributed by atoms with Gasteiger partial charge in [-0.15, -0.1) is 0 Å². The molecule has 2 heteroatoms. The van der Waals surface area contributed by atoms with Gasteiger partial charge in [-0.2, -0.15) is 0 Å². The van der Waals surface area contributed by atoms with Gasteiger partial charge in [0.1, 0.15) is 0 Å². The Bertz CT molecular complexity index is 247. The molecule has 1 fully saturated rings. The van der Waals surface area contributed by atoms with Crippen molar-refractivity contribution in [3.8, 4) is 0 Å². The molecule has 64 valence electrons. The highest BCUT2D eigenvalue weighted by atomic mass is 16.3.